The van der Waals surface area contributed by atoms with Crippen molar-refractivity contribution < 1.29 is 18.0 Å². The number of hydrogen-bond donors (Lipinski definition) is 1. The van der Waals surface area contributed by atoms with Crippen LogP contribution in [0.5, 0.6) is 0 Å². The van der Waals surface area contributed by atoms with Crippen molar-refractivity contribution in [3.8, 4) is 0 Å². The van der Waals surface area contributed by atoms with Crippen LogP contribution in [0, 0.1) is 13.8 Å². The number of rotatable bonds is 4. The quantitative estimate of drug-likeness (QED) is 0.679. The van der Waals surface area contributed by atoms with E-state index >= 15 is 0 Å². The van der Waals surface area contributed by atoms with E-state index in [1.165, 1.54) is 6.42 Å². The monoisotopic (exact) mass is 433 g/mol. The normalized spacial score (nSPS) is 14.8. The Labute approximate surface area is 176 Å². The van der Waals surface area contributed by atoms with Crippen molar-refractivity contribution in [1.29, 1.82) is 0 Å². The van der Waals surface area contributed by atoms with Crippen LogP contribution in [0.3, 0.4) is 0 Å². The SMILES string of the molecule is Cc1nc2nc(C(F)(F)F)nn2c(C)c1CC(=O)Nc1ccc(N2CCCCC2)nc1. The Kier molecular flexibility index (Phi) is 5.50. The van der Waals surface area contributed by atoms with Gasteiger partial charge in [0.15, 0.2) is 0 Å². The van der Waals surface area contributed by atoms with Crippen LogP contribution >= 0.6 is 0 Å². The van der Waals surface area contributed by atoms with E-state index in [1.54, 1.807) is 26.1 Å². The topological polar surface area (TPSA) is 88.3 Å². The zero-order valence-corrected chi connectivity index (χ0v) is 17.2. The van der Waals surface area contributed by atoms with Crippen molar-refractivity contribution in [2.45, 2.75) is 45.7 Å². The molecule has 1 amide bonds. The number of nitrogens with zero attached hydrogens (tertiary/aromatic N) is 6. The average Bonchev–Trinajstić information content (AvgIpc) is 3.17. The summed E-state index contributed by atoms with van der Waals surface area (Å²) in [6, 6.07) is 3.67. The first-order chi connectivity index (χ1) is 14.7. The van der Waals surface area contributed by atoms with Crippen molar-refractivity contribution in [3.05, 3.63) is 41.1 Å². The molecule has 1 N–H and O–H groups in total. The zero-order valence-electron chi connectivity index (χ0n) is 17.2. The molecule has 0 radical (unpaired) electrons. The number of carbonyl (C=O) groups excluding carboxylic acids is 1. The third-order valence-electron chi connectivity index (χ3n) is 5.35. The summed E-state index contributed by atoms with van der Waals surface area (Å²) in [6.45, 7) is 5.18. The van der Waals surface area contributed by atoms with Crippen molar-refractivity contribution in [2.75, 3.05) is 23.3 Å². The Morgan fingerprint density at radius 2 is 1.87 bits per heavy atom. The average molecular weight is 433 g/mol. The molecule has 11 heteroatoms. The van der Waals surface area contributed by atoms with Crippen LogP contribution in [0.4, 0.5) is 24.7 Å². The first-order valence-corrected chi connectivity index (χ1v) is 10.0. The van der Waals surface area contributed by atoms with Gasteiger partial charge in [-0.2, -0.15) is 18.2 Å². The van der Waals surface area contributed by atoms with Crippen LogP contribution in [0.1, 0.15) is 42.0 Å². The van der Waals surface area contributed by atoms with Crippen molar-refractivity contribution in [1.82, 2.24) is 24.6 Å². The minimum Gasteiger partial charge on any atom is -0.357 e. The van der Waals surface area contributed by atoms with Gasteiger partial charge in [0.25, 0.3) is 11.6 Å². The second-order valence-electron chi connectivity index (χ2n) is 7.58. The highest BCUT2D eigenvalue weighted by Crippen LogP contribution is 2.27. The van der Waals surface area contributed by atoms with E-state index < -0.39 is 12.0 Å². The Morgan fingerprint density at radius 3 is 2.52 bits per heavy atom. The highest BCUT2D eigenvalue weighted by molar-refractivity contribution is 5.92. The Morgan fingerprint density at radius 1 is 1.13 bits per heavy atom. The van der Waals surface area contributed by atoms with Gasteiger partial charge in [-0.05, 0) is 45.2 Å². The molecule has 0 saturated carbocycles. The van der Waals surface area contributed by atoms with Gasteiger partial charge in [-0.15, -0.1) is 5.10 Å². The molecule has 0 unspecified atom stereocenters. The largest absolute Gasteiger partial charge is 0.453 e. The van der Waals surface area contributed by atoms with Gasteiger partial charge in [0.1, 0.15) is 5.82 Å². The van der Waals surface area contributed by atoms with Gasteiger partial charge in [-0.3, -0.25) is 4.79 Å². The standard InChI is InChI=1S/C20H22F3N7O/c1-12-15(13(2)30-19(25-12)27-18(28-30)20(21,22)23)10-17(31)26-14-6-7-16(24-11-14)29-8-4-3-5-9-29/h6-7,11H,3-5,8-10H2,1-2H3,(H,26,31). The summed E-state index contributed by atoms with van der Waals surface area (Å²) in [5.74, 6) is -0.852. The molecule has 1 saturated heterocycles. The number of carbonyl (C=O) groups is 1. The number of halogens is 3. The Hall–Kier alpha value is -3.24. The van der Waals surface area contributed by atoms with E-state index in [9.17, 15) is 18.0 Å². The lowest BCUT2D eigenvalue weighted by molar-refractivity contribution is -0.144. The minimum atomic E-state index is -4.67. The van der Waals surface area contributed by atoms with Crippen LogP contribution in [0.2, 0.25) is 0 Å². The number of alkyl halides is 3. The molecule has 1 aliphatic rings. The van der Waals surface area contributed by atoms with Gasteiger partial charge in [-0.1, -0.05) is 0 Å². The van der Waals surface area contributed by atoms with Gasteiger partial charge < -0.3 is 10.2 Å². The number of amides is 1. The summed E-state index contributed by atoms with van der Waals surface area (Å²) in [7, 11) is 0. The second-order valence-corrected chi connectivity index (χ2v) is 7.58. The molecule has 8 nitrogen and oxygen atoms in total. The van der Waals surface area contributed by atoms with E-state index in [2.05, 4.69) is 30.3 Å². The summed E-state index contributed by atoms with van der Waals surface area (Å²) >= 11 is 0. The van der Waals surface area contributed by atoms with Gasteiger partial charge in [-0.25, -0.2) is 14.5 Å². The number of nitrogens with one attached hydrogen (secondary N) is 1. The lowest BCUT2D eigenvalue weighted by Gasteiger charge is -2.27. The van der Waals surface area contributed by atoms with Gasteiger partial charge in [0, 0.05) is 30.0 Å². The third kappa shape index (κ3) is 4.44. The molecule has 4 rings (SSSR count). The molecule has 0 aliphatic carbocycles. The van der Waals surface area contributed by atoms with Crippen LogP contribution in [0.25, 0.3) is 5.78 Å². The smallest absolute Gasteiger partial charge is 0.357 e. The minimum absolute atomic E-state index is 0.0598. The molecule has 3 aromatic heterocycles. The zero-order chi connectivity index (χ0) is 22.2. The first kappa shape index (κ1) is 21.0. The highest BCUT2D eigenvalue weighted by Gasteiger charge is 2.37. The molecule has 31 heavy (non-hydrogen) atoms. The maximum Gasteiger partial charge on any atom is 0.453 e. The number of anilines is 2. The molecular formula is C20H22F3N7O. The van der Waals surface area contributed by atoms with Crippen LogP contribution < -0.4 is 10.2 Å². The molecule has 164 valence electrons. The van der Waals surface area contributed by atoms with Crippen LogP contribution in [-0.2, 0) is 17.4 Å². The maximum absolute atomic E-state index is 12.9. The highest BCUT2D eigenvalue weighted by atomic mass is 19.4. The van der Waals surface area contributed by atoms with E-state index in [-0.39, 0.29) is 18.1 Å². The molecule has 1 aliphatic heterocycles. The van der Waals surface area contributed by atoms with Crippen LogP contribution in [-0.4, -0.2) is 43.6 Å². The van der Waals surface area contributed by atoms with Crippen LogP contribution in [0.15, 0.2) is 18.3 Å². The number of piperidine rings is 1. The fourth-order valence-electron chi connectivity index (χ4n) is 3.72. The molecular weight excluding hydrogens is 411 g/mol. The number of pyridine rings is 1. The summed E-state index contributed by atoms with van der Waals surface area (Å²) in [4.78, 5) is 26.8. The lowest BCUT2D eigenvalue weighted by atomic mass is 10.1. The van der Waals surface area contributed by atoms with Gasteiger partial charge in [0.05, 0.1) is 18.3 Å². The number of aromatic nitrogens is 5. The van der Waals surface area contributed by atoms with E-state index in [4.69, 9.17) is 0 Å². The molecule has 0 bridgehead atoms. The fourth-order valence-corrected chi connectivity index (χ4v) is 3.72. The maximum atomic E-state index is 12.9. The van der Waals surface area contributed by atoms with E-state index in [0.717, 1.165) is 36.3 Å². The van der Waals surface area contributed by atoms with Crippen molar-refractivity contribution in [2.24, 2.45) is 0 Å². The lowest BCUT2D eigenvalue weighted by Crippen LogP contribution is -2.30. The van der Waals surface area contributed by atoms with Crippen molar-refractivity contribution in [3.63, 3.8) is 0 Å². The molecule has 0 aromatic carbocycles. The summed E-state index contributed by atoms with van der Waals surface area (Å²) < 4.78 is 39.8. The molecule has 3 aromatic rings. The molecule has 0 spiro atoms. The number of fused-ring (bicyclic) bond motifs is 1. The second kappa shape index (κ2) is 8.12. The number of aryl methyl sites for hydroxylation is 2. The summed E-state index contributed by atoms with van der Waals surface area (Å²) in [5, 5.41) is 6.28. The van der Waals surface area contributed by atoms with Gasteiger partial charge >= 0.3 is 6.18 Å². The number of hydrogen-bond acceptors (Lipinski definition) is 6. The van der Waals surface area contributed by atoms with Gasteiger partial charge in [0.2, 0.25) is 5.91 Å². The summed E-state index contributed by atoms with van der Waals surface area (Å²) in [6.07, 6.45) is 0.405. The van der Waals surface area contributed by atoms with E-state index in [0.29, 0.717) is 22.6 Å². The molecule has 4 heterocycles. The predicted octanol–water partition coefficient (Wildman–Crippen LogP) is 3.33. The Balaban J connectivity index is 1.49. The third-order valence-corrected chi connectivity index (χ3v) is 5.35. The Bertz CT molecular complexity index is 1100. The molecule has 0 atom stereocenters. The fraction of sp³-hybridized carbons (Fsp3) is 0.450. The van der Waals surface area contributed by atoms with E-state index in [1.807, 2.05) is 6.07 Å². The molecule has 1 fully saturated rings. The first-order valence-electron chi connectivity index (χ1n) is 10.0. The van der Waals surface area contributed by atoms with Crippen molar-refractivity contribution >= 4 is 23.2 Å². The summed E-state index contributed by atoms with van der Waals surface area (Å²) in [5.41, 5.74) is 1.87. The predicted molar refractivity (Wildman–Crippen MR) is 108 cm³/mol.